The molecule has 0 bridgehead atoms. The summed E-state index contributed by atoms with van der Waals surface area (Å²) in [5, 5.41) is 8.85. The molecule has 0 radical (unpaired) electrons. The van der Waals surface area contributed by atoms with Gasteiger partial charge < -0.3 is 9.84 Å². The average molecular weight is 322 g/mol. The van der Waals surface area contributed by atoms with Gasteiger partial charge in [-0.2, -0.15) is 0 Å². The molecule has 1 aromatic rings. The van der Waals surface area contributed by atoms with Crippen LogP contribution in [0, 0.1) is 5.92 Å². The monoisotopic (exact) mass is 321 g/mol. The van der Waals surface area contributed by atoms with E-state index in [0.29, 0.717) is 6.61 Å². The quantitative estimate of drug-likeness (QED) is 0.795. The number of hydrogen-bond acceptors (Lipinski definition) is 4. The van der Waals surface area contributed by atoms with Crippen molar-refractivity contribution in [2.75, 3.05) is 20.3 Å². The van der Waals surface area contributed by atoms with Crippen LogP contribution in [0.15, 0.2) is 23.1 Å². The van der Waals surface area contributed by atoms with Crippen molar-refractivity contribution in [1.29, 1.82) is 0 Å². The highest BCUT2D eigenvalue weighted by Gasteiger charge is 2.20. The van der Waals surface area contributed by atoms with Crippen molar-refractivity contribution in [2.45, 2.75) is 11.8 Å². The highest BCUT2D eigenvalue weighted by molar-refractivity contribution is 7.89. The van der Waals surface area contributed by atoms with E-state index in [1.807, 2.05) is 6.92 Å². The fourth-order valence-electron chi connectivity index (χ4n) is 1.52. The van der Waals surface area contributed by atoms with E-state index in [9.17, 15) is 13.2 Å². The number of halogens is 1. The summed E-state index contributed by atoms with van der Waals surface area (Å²) in [5.74, 6) is -1.23. The molecule has 0 amide bonds. The minimum Gasteiger partial charge on any atom is -0.478 e. The summed E-state index contributed by atoms with van der Waals surface area (Å²) < 4.78 is 31.5. The van der Waals surface area contributed by atoms with E-state index >= 15 is 0 Å². The molecule has 0 aliphatic rings. The van der Waals surface area contributed by atoms with Gasteiger partial charge in [0.2, 0.25) is 10.0 Å². The predicted molar refractivity (Wildman–Crippen MR) is 74.6 cm³/mol. The van der Waals surface area contributed by atoms with E-state index in [2.05, 4.69) is 4.72 Å². The lowest BCUT2D eigenvalue weighted by atomic mass is 10.2. The van der Waals surface area contributed by atoms with Gasteiger partial charge in [-0.15, -0.1) is 0 Å². The van der Waals surface area contributed by atoms with Gasteiger partial charge in [-0.05, 0) is 24.1 Å². The first kappa shape index (κ1) is 16.9. The Balaban J connectivity index is 2.97. The summed E-state index contributed by atoms with van der Waals surface area (Å²) >= 11 is 5.83. The molecule has 0 saturated carbocycles. The Labute approximate surface area is 122 Å². The summed E-state index contributed by atoms with van der Waals surface area (Å²) in [6.45, 7) is 2.40. The smallest absolute Gasteiger partial charge is 0.335 e. The van der Waals surface area contributed by atoms with E-state index in [4.69, 9.17) is 21.4 Å². The van der Waals surface area contributed by atoms with E-state index < -0.39 is 16.0 Å². The SMILES string of the molecule is COCC(C)CNS(=O)(=O)c1cc(C(=O)O)ccc1Cl. The Hall–Kier alpha value is -1.15. The Kier molecular flexibility index (Phi) is 5.94. The lowest BCUT2D eigenvalue weighted by Crippen LogP contribution is -2.30. The fourth-order valence-corrected chi connectivity index (χ4v) is 3.20. The second-order valence-corrected chi connectivity index (χ2v) is 6.51. The van der Waals surface area contributed by atoms with Gasteiger partial charge in [-0.25, -0.2) is 17.9 Å². The third-order valence-electron chi connectivity index (χ3n) is 2.54. The van der Waals surface area contributed by atoms with Crippen molar-refractivity contribution < 1.29 is 23.1 Å². The highest BCUT2D eigenvalue weighted by Crippen LogP contribution is 2.22. The molecule has 20 heavy (non-hydrogen) atoms. The second kappa shape index (κ2) is 7.03. The van der Waals surface area contributed by atoms with Gasteiger partial charge in [-0.1, -0.05) is 18.5 Å². The summed E-state index contributed by atoms with van der Waals surface area (Å²) in [4.78, 5) is 10.6. The zero-order valence-corrected chi connectivity index (χ0v) is 12.7. The van der Waals surface area contributed by atoms with Crippen LogP contribution in [0.4, 0.5) is 0 Å². The van der Waals surface area contributed by atoms with Gasteiger partial charge >= 0.3 is 5.97 Å². The maximum atomic E-state index is 12.1. The Morgan fingerprint density at radius 1 is 1.50 bits per heavy atom. The second-order valence-electron chi connectivity index (χ2n) is 4.36. The summed E-state index contributed by atoms with van der Waals surface area (Å²) in [6.07, 6.45) is 0. The number of hydrogen-bond donors (Lipinski definition) is 2. The number of benzene rings is 1. The Morgan fingerprint density at radius 3 is 2.70 bits per heavy atom. The molecular weight excluding hydrogens is 306 g/mol. The van der Waals surface area contributed by atoms with Crippen LogP contribution in [-0.4, -0.2) is 39.8 Å². The topological polar surface area (TPSA) is 92.7 Å². The lowest BCUT2D eigenvalue weighted by Gasteiger charge is -2.13. The van der Waals surface area contributed by atoms with Gasteiger partial charge in [0, 0.05) is 20.3 Å². The molecule has 0 heterocycles. The molecular formula is C12H16ClNO5S. The fraction of sp³-hybridized carbons (Fsp3) is 0.417. The lowest BCUT2D eigenvalue weighted by molar-refractivity contribution is 0.0696. The summed E-state index contributed by atoms with van der Waals surface area (Å²) in [5.41, 5.74) is -0.139. The zero-order valence-electron chi connectivity index (χ0n) is 11.1. The van der Waals surface area contributed by atoms with Crippen LogP contribution in [-0.2, 0) is 14.8 Å². The summed E-state index contributed by atoms with van der Waals surface area (Å²) in [7, 11) is -2.34. The first-order valence-corrected chi connectivity index (χ1v) is 7.65. The molecule has 0 saturated heterocycles. The van der Waals surface area contributed by atoms with Gasteiger partial charge in [-0.3, -0.25) is 0 Å². The average Bonchev–Trinajstić information content (AvgIpc) is 2.37. The number of methoxy groups -OCH3 is 1. The first-order valence-electron chi connectivity index (χ1n) is 5.79. The van der Waals surface area contributed by atoms with Crippen LogP contribution < -0.4 is 4.72 Å². The van der Waals surface area contributed by atoms with Crippen molar-refractivity contribution in [3.63, 3.8) is 0 Å². The maximum Gasteiger partial charge on any atom is 0.335 e. The van der Waals surface area contributed by atoms with Crippen LogP contribution in [0.1, 0.15) is 17.3 Å². The molecule has 2 N–H and O–H groups in total. The molecule has 112 valence electrons. The third kappa shape index (κ3) is 4.45. The molecule has 6 nitrogen and oxygen atoms in total. The minimum atomic E-state index is -3.86. The van der Waals surface area contributed by atoms with Crippen molar-refractivity contribution in [3.05, 3.63) is 28.8 Å². The van der Waals surface area contributed by atoms with Crippen LogP contribution >= 0.6 is 11.6 Å². The molecule has 0 fully saturated rings. The number of aromatic carboxylic acids is 1. The molecule has 8 heteroatoms. The number of nitrogens with one attached hydrogen (secondary N) is 1. The van der Waals surface area contributed by atoms with E-state index in [0.717, 1.165) is 6.07 Å². The van der Waals surface area contributed by atoms with Crippen molar-refractivity contribution >= 4 is 27.6 Å². The van der Waals surface area contributed by atoms with Gasteiger partial charge in [0.1, 0.15) is 4.90 Å². The normalized spacial score (nSPS) is 13.2. The third-order valence-corrected chi connectivity index (χ3v) is 4.45. The van der Waals surface area contributed by atoms with E-state index in [-0.39, 0.29) is 27.9 Å². The molecule has 1 unspecified atom stereocenters. The van der Waals surface area contributed by atoms with Gasteiger partial charge in [0.05, 0.1) is 10.6 Å². The Morgan fingerprint density at radius 2 is 2.15 bits per heavy atom. The van der Waals surface area contributed by atoms with Crippen molar-refractivity contribution in [3.8, 4) is 0 Å². The van der Waals surface area contributed by atoms with Crippen molar-refractivity contribution in [1.82, 2.24) is 4.72 Å². The molecule has 1 aromatic carbocycles. The molecule has 0 spiro atoms. The van der Waals surface area contributed by atoms with Gasteiger partial charge in [0.15, 0.2) is 0 Å². The number of carboxylic acids is 1. The zero-order chi connectivity index (χ0) is 15.3. The van der Waals surface area contributed by atoms with E-state index in [1.165, 1.54) is 19.2 Å². The van der Waals surface area contributed by atoms with Crippen LogP contribution in [0.2, 0.25) is 5.02 Å². The Bertz CT molecular complexity index is 588. The van der Waals surface area contributed by atoms with Crippen LogP contribution in [0.3, 0.4) is 0 Å². The highest BCUT2D eigenvalue weighted by atomic mass is 35.5. The number of ether oxygens (including phenoxy) is 1. The number of rotatable bonds is 7. The number of carbonyl (C=O) groups is 1. The van der Waals surface area contributed by atoms with Gasteiger partial charge in [0.25, 0.3) is 0 Å². The van der Waals surface area contributed by atoms with Crippen LogP contribution in [0.5, 0.6) is 0 Å². The molecule has 1 atom stereocenters. The number of sulfonamides is 1. The minimum absolute atomic E-state index is 0.0174. The predicted octanol–water partition coefficient (Wildman–Crippen LogP) is 1.60. The van der Waals surface area contributed by atoms with Crippen LogP contribution in [0.25, 0.3) is 0 Å². The molecule has 0 aliphatic heterocycles. The number of carboxylic acid groups (broad SMARTS) is 1. The van der Waals surface area contributed by atoms with E-state index in [1.54, 1.807) is 0 Å². The summed E-state index contributed by atoms with van der Waals surface area (Å²) in [6, 6.07) is 3.53. The van der Waals surface area contributed by atoms with Crippen molar-refractivity contribution in [2.24, 2.45) is 5.92 Å². The molecule has 0 aliphatic carbocycles. The molecule has 0 aromatic heterocycles. The molecule has 1 rings (SSSR count). The largest absolute Gasteiger partial charge is 0.478 e. The standard InChI is InChI=1S/C12H16ClNO5S/c1-8(7-19-2)6-14-20(17,18)11-5-9(12(15)16)3-4-10(11)13/h3-5,8,14H,6-7H2,1-2H3,(H,15,16). The first-order chi connectivity index (χ1) is 9.27. The maximum absolute atomic E-state index is 12.1.